The highest BCUT2D eigenvalue weighted by molar-refractivity contribution is 6.15. The topological polar surface area (TPSA) is 88.5 Å². The number of benzene rings is 5. The molecule has 1 saturated heterocycles. The number of hydrogen-bond donors (Lipinski definition) is 1. The summed E-state index contributed by atoms with van der Waals surface area (Å²) in [5, 5.41) is 10.4. The van der Waals surface area contributed by atoms with Crippen molar-refractivity contribution in [3.63, 3.8) is 0 Å². The number of hydrogen-bond acceptors (Lipinski definition) is 6. The first-order valence-electron chi connectivity index (χ1n) is 17.8. The quantitative estimate of drug-likeness (QED) is 0.175. The molecule has 1 fully saturated rings. The number of carbonyl (C=O) groups excluding carboxylic acids is 2. The van der Waals surface area contributed by atoms with Crippen LogP contribution in [0.3, 0.4) is 0 Å². The van der Waals surface area contributed by atoms with Crippen LogP contribution in [-0.4, -0.2) is 36.7 Å². The molecule has 3 aliphatic rings. The Kier molecular flexibility index (Phi) is 8.39. The van der Waals surface area contributed by atoms with E-state index >= 15 is 4.79 Å². The molecule has 8 nitrogen and oxygen atoms in total. The van der Waals surface area contributed by atoms with Crippen molar-refractivity contribution in [2.75, 3.05) is 23.5 Å². The van der Waals surface area contributed by atoms with E-state index in [1.165, 1.54) is 0 Å². The number of para-hydroxylation sites is 3. The Hall–Kier alpha value is -5.44. The Morgan fingerprint density at radius 3 is 2.25 bits per heavy atom. The number of methoxy groups -OCH3 is 1. The molecule has 1 spiro atoms. The van der Waals surface area contributed by atoms with E-state index in [4.69, 9.17) is 14.2 Å². The normalized spacial score (nSPS) is 22.1. The van der Waals surface area contributed by atoms with Crippen molar-refractivity contribution >= 4 is 28.9 Å². The van der Waals surface area contributed by atoms with Crippen molar-refractivity contribution in [3.8, 4) is 17.2 Å². The van der Waals surface area contributed by atoms with Gasteiger partial charge in [-0.05, 0) is 77.6 Å². The molecule has 0 aliphatic carbocycles. The van der Waals surface area contributed by atoms with Crippen molar-refractivity contribution in [1.29, 1.82) is 0 Å². The van der Waals surface area contributed by atoms with Gasteiger partial charge in [-0.3, -0.25) is 14.5 Å². The van der Waals surface area contributed by atoms with Crippen LogP contribution in [0.4, 0.5) is 17.1 Å². The summed E-state index contributed by atoms with van der Waals surface area (Å²) in [6.45, 7) is 6.74. The standard InChI is InChI=1S/C44H42N2O6/c1-28-40(43(2,3)30-18-21-32(50-4)22-19-30)39(24-25-47)52-44(28)34-26-31(20-23-35(34)45(42(44)49)27-29-12-6-5-7-13-29)46-36-15-9-11-17-38(36)51-37-16-10-8-14-33(37)41(46)48/h5-23,26,28,39-40,47H,24-25,27H2,1-4H3/t28-,39+,40-,44+/m1/s1. The summed E-state index contributed by atoms with van der Waals surface area (Å²) < 4.78 is 18.9. The lowest BCUT2D eigenvalue weighted by Crippen LogP contribution is -2.45. The lowest BCUT2D eigenvalue weighted by Gasteiger charge is -2.38. The van der Waals surface area contributed by atoms with Crippen molar-refractivity contribution in [2.24, 2.45) is 11.8 Å². The maximum atomic E-state index is 15.2. The first-order valence-corrected chi connectivity index (χ1v) is 17.8. The summed E-state index contributed by atoms with van der Waals surface area (Å²) in [4.78, 5) is 33.2. The highest BCUT2D eigenvalue weighted by Gasteiger charge is 2.66. The highest BCUT2D eigenvalue weighted by Crippen LogP contribution is 2.60. The van der Waals surface area contributed by atoms with Gasteiger partial charge in [-0.25, -0.2) is 0 Å². The van der Waals surface area contributed by atoms with Crippen LogP contribution in [0, 0.1) is 11.8 Å². The molecule has 0 radical (unpaired) electrons. The Balaban J connectivity index is 1.30. The van der Waals surface area contributed by atoms with E-state index in [1.54, 1.807) is 24.1 Å². The molecule has 0 bridgehead atoms. The molecule has 52 heavy (non-hydrogen) atoms. The molecule has 3 aliphatic heterocycles. The molecule has 2 amide bonds. The van der Waals surface area contributed by atoms with E-state index in [0.717, 1.165) is 22.6 Å². The third-order valence-corrected chi connectivity index (χ3v) is 11.3. The third-order valence-electron chi connectivity index (χ3n) is 11.3. The van der Waals surface area contributed by atoms with Gasteiger partial charge in [-0.1, -0.05) is 87.5 Å². The van der Waals surface area contributed by atoms with Gasteiger partial charge in [-0.15, -0.1) is 0 Å². The second-order valence-corrected chi connectivity index (χ2v) is 14.5. The van der Waals surface area contributed by atoms with E-state index in [1.807, 2.05) is 102 Å². The van der Waals surface area contributed by atoms with Crippen LogP contribution in [0.25, 0.3) is 0 Å². The number of nitrogens with zero attached hydrogens (tertiary/aromatic N) is 2. The number of rotatable bonds is 8. The smallest absolute Gasteiger partial charge is 0.266 e. The zero-order chi connectivity index (χ0) is 36.2. The van der Waals surface area contributed by atoms with Gasteiger partial charge < -0.3 is 24.2 Å². The van der Waals surface area contributed by atoms with E-state index in [2.05, 4.69) is 32.9 Å². The fourth-order valence-corrected chi connectivity index (χ4v) is 8.83. The maximum absolute atomic E-state index is 15.2. The molecular formula is C44H42N2O6. The van der Waals surface area contributed by atoms with E-state index in [9.17, 15) is 9.90 Å². The fraction of sp³-hybridized carbons (Fsp3) is 0.273. The van der Waals surface area contributed by atoms with Crippen molar-refractivity contribution < 1.29 is 28.9 Å². The first kappa shape index (κ1) is 33.7. The molecule has 5 aromatic carbocycles. The molecule has 0 unspecified atom stereocenters. The predicted octanol–water partition coefficient (Wildman–Crippen LogP) is 8.53. The number of amides is 2. The summed E-state index contributed by atoms with van der Waals surface area (Å²) >= 11 is 0. The third kappa shape index (κ3) is 5.20. The van der Waals surface area contributed by atoms with Crippen LogP contribution in [0.15, 0.2) is 121 Å². The lowest BCUT2D eigenvalue weighted by atomic mass is 9.63. The number of carbonyl (C=O) groups is 2. The average molecular weight is 695 g/mol. The number of fused-ring (bicyclic) bond motifs is 4. The molecule has 3 heterocycles. The summed E-state index contributed by atoms with van der Waals surface area (Å²) in [5.41, 5.74) is 3.31. The van der Waals surface area contributed by atoms with Crippen LogP contribution in [-0.2, 0) is 27.1 Å². The van der Waals surface area contributed by atoms with Gasteiger partial charge in [0.25, 0.3) is 11.8 Å². The first-order chi connectivity index (χ1) is 25.2. The van der Waals surface area contributed by atoms with Crippen LogP contribution in [0.2, 0.25) is 0 Å². The summed E-state index contributed by atoms with van der Waals surface area (Å²) in [6.07, 6.45) is -0.0706. The Morgan fingerprint density at radius 1 is 0.827 bits per heavy atom. The Labute approximate surface area is 304 Å². The number of ether oxygens (including phenoxy) is 3. The largest absolute Gasteiger partial charge is 0.497 e. The minimum atomic E-state index is -1.38. The minimum absolute atomic E-state index is 0.0874. The average Bonchev–Trinajstić information content (AvgIpc) is 3.53. The van der Waals surface area contributed by atoms with Gasteiger partial charge in [0, 0.05) is 29.7 Å². The van der Waals surface area contributed by atoms with Crippen molar-refractivity contribution in [1.82, 2.24) is 0 Å². The molecule has 8 rings (SSSR count). The second kappa shape index (κ2) is 13.0. The molecule has 5 aromatic rings. The minimum Gasteiger partial charge on any atom is -0.497 e. The fourth-order valence-electron chi connectivity index (χ4n) is 8.83. The molecule has 4 atom stereocenters. The number of anilines is 3. The van der Waals surface area contributed by atoms with Crippen LogP contribution in [0.5, 0.6) is 17.2 Å². The molecule has 1 N–H and O–H groups in total. The van der Waals surface area contributed by atoms with E-state index < -0.39 is 17.1 Å². The van der Waals surface area contributed by atoms with Gasteiger partial charge in [0.15, 0.2) is 11.4 Å². The SMILES string of the molecule is COc1ccc(C(C)(C)[C@H]2[C@H](CCO)O[C@@]3(C(=O)N(Cc4ccccc4)c4ccc(N5C(=O)c6ccccc6Oc6ccccc65)cc43)[C@@H]2C)cc1. The zero-order valence-corrected chi connectivity index (χ0v) is 29.8. The predicted molar refractivity (Wildman–Crippen MR) is 200 cm³/mol. The summed E-state index contributed by atoms with van der Waals surface area (Å²) in [6, 6.07) is 38.5. The van der Waals surface area contributed by atoms with Gasteiger partial charge >= 0.3 is 0 Å². The highest BCUT2D eigenvalue weighted by atomic mass is 16.5. The van der Waals surface area contributed by atoms with Crippen LogP contribution < -0.4 is 19.3 Å². The monoisotopic (exact) mass is 694 g/mol. The van der Waals surface area contributed by atoms with E-state index in [-0.39, 0.29) is 30.3 Å². The lowest BCUT2D eigenvalue weighted by molar-refractivity contribution is -0.146. The van der Waals surface area contributed by atoms with Gasteiger partial charge in [0.2, 0.25) is 0 Å². The van der Waals surface area contributed by atoms with Crippen LogP contribution >= 0.6 is 0 Å². The van der Waals surface area contributed by atoms with Gasteiger partial charge in [0.05, 0.1) is 36.7 Å². The Bertz CT molecular complexity index is 2150. The summed E-state index contributed by atoms with van der Waals surface area (Å²) in [7, 11) is 1.65. The van der Waals surface area contributed by atoms with Gasteiger partial charge in [-0.2, -0.15) is 0 Å². The number of aliphatic hydroxyl groups excluding tert-OH is 1. The molecule has 0 aromatic heterocycles. The molecule has 264 valence electrons. The van der Waals surface area contributed by atoms with Crippen molar-refractivity contribution in [2.45, 2.75) is 50.9 Å². The summed E-state index contributed by atoms with van der Waals surface area (Å²) in [5.74, 6) is 0.922. The van der Waals surface area contributed by atoms with E-state index in [0.29, 0.717) is 47.0 Å². The second-order valence-electron chi connectivity index (χ2n) is 14.5. The Morgan fingerprint density at radius 2 is 1.52 bits per heavy atom. The maximum Gasteiger partial charge on any atom is 0.266 e. The molecule has 8 heteroatoms. The van der Waals surface area contributed by atoms with Crippen molar-refractivity contribution in [3.05, 3.63) is 144 Å². The molecular weight excluding hydrogens is 652 g/mol. The molecule has 0 saturated carbocycles. The van der Waals surface area contributed by atoms with Crippen LogP contribution in [0.1, 0.15) is 54.2 Å². The zero-order valence-electron chi connectivity index (χ0n) is 29.8. The number of aliphatic hydroxyl groups is 1. The van der Waals surface area contributed by atoms with Gasteiger partial charge in [0.1, 0.15) is 11.5 Å².